The summed E-state index contributed by atoms with van der Waals surface area (Å²) in [5.74, 6) is -2.42. The first-order chi connectivity index (χ1) is 32.5. The minimum Gasteiger partial charge on any atom is -0.481 e. The van der Waals surface area contributed by atoms with Crippen molar-refractivity contribution in [2.45, 2.75) is 238 Å². The molecule has 0 aromatic carbocycles. The van der Waals surface area contributed by atoms with Gasteiger partial charge in [0.1, 0.15) is 13.2 Å². The number of phosphoric ester groups is 1. The lowest BCUT2D eigenvalue weighted by atomic mass is 10.0. The van der Waals surface area contributed by atoms with Gasteiger partial charge in [-0.15, -0.1) is 0 Å². The average Bonchev–Trinajstić information content (AvgIpc) is 3.30. The van der Waals surface area contributed by atoms with Gasteiger partial charge in [0.25, 0.3) is 0 Å². The second-order valence-electron chi connectivity index (χ2n) is 17.7. The van der Waals surface area contributed by atoms with Gasteiger partial charge in [-0.3, -0.25) is 28.2 Å². The largest absolute Gasteiger partial charge is 0.481 e. The van der Waals surface area contributed by atoms with Crippen molar-refractivity contribution in [1.82, 2.24) is 10.6 Å². The summed E-state index contributed by atoms with van der Waals surface area (Å²) in [4.78, 5) is 69.6. The zero-order chi connectivity index (χ0) is 49.3. The molecule has 0 aromatic heterocycles. The number of esters is 2. The first-order valence-electron chi connectivity index (χ1n) is 26.4. The Morgan fingerprint density at radius 3 is 1.36 bits per heavy atom. The smallest absolute Gasteiger partial charge is 0.472 e. The van der Waals surface area contributed by atoms with Crippen LogP contribution in [0.25, 0.3) is 0 Å². The molecular formula is C50H95N2O14P. The van der Waals surface area contributed by atoms with Gasteiger partial charge < -0.3 is 39.6 Å². The van der Waals surface area contributed by atoms with Crippen LogP contribution in [0.3, 0.4) is 0 Å². The number of aliphatic carboxylic acids is 1. The van der Waals surface area contributed by atoms with E-state index in [0.29, 0.717) is 12.8 Å². The van der Waals surface area contributed by atoms with E-state index in [4.69, 9.17) is 33.1 Å². The second kappa shape index (κ2) is 48.3. The quantitative estimate of drug-likeness (QED) is 0.0193. The van der Waals surface area contributed by atoms with Gasteiger partial charge in [-0.05, 0) is 12.8 Å². The lowest BCUT2D eigenvalue weighted by molar-refractivity contribution is -0.161. The molecule has 0 aliphatic carbocycles. The Bertz CT molecular complexity index is 1260. The number of nitrogens with one attached hydrogen (secondary N) is 2. The fourth-order valence-electron chi connectivity index (χ4n) is 7.35. The van der Waals surface area contributed by atoms with Crippen LogP contribution < -0.4 is 10.6 Å². The highest BCUT2D eigenvalue weighted by molar-refractivity contribution is 7.47. The van der Waals surface area contributed by atoms with Gasteiger partial charge >= 0.3 is 31.8 Å². The molecule has 0 aliphatic rings. The molecular weight excluding hydrogens is 884 g/mol. The van der Waals surface area contributed by atoms with Crippen molar-refractivity contribution in [1.29, 1.82) is 0 Å². The molecule has 67 heavy (non-hydrogen) atoms. The van der Waals surface area contributed by atoms with Crippen molar-refractivity contribution in [3.8, 4) is 0 Å². The number of carbonyl (C=O) groups excluding carboxylic acids is 4. The number of unbranched alkanes of at least 4 members (excludes halogenated alkanes) is 28. The number of hydrogen-bond donors (Lipinski definition) is 4. The normalized spacial score (nSPS) is 12.6. The maximum absolute atomic E-state index is 12.8. The summed E-state index contributed by atoms with van der Waals surface area (Å²) in [5.41, 5.74) is 0. The van der Waals surface area contributed by atoms with Gasteiger partial charge in [0.15, 0.2) is 6.10 Å². The summed E-state index contributed by atoms with van der Waals surface area (Å²) in [6, 6.07) is 0. The molecule has 0 radical (unpaired) electrons. The second-order valence-corrected chi connectivity index (χ2v) is 19.2. The predicted octanol–water partition coefficient (Wildman–Crippen LogP) is 11.8. The highest BCUT2D eigenvalue weighted by Crippen LogP contribution is 2.43. The molecule has 17 heteroatoms. The highest BCUT2D eigenvalue weighted by atomic mass is 31.2. The van der Waals surface area contributed by atoms with Crippen molar-refractivity contribution in [2.24, 2.45) is 0 Å². The van der Waals surface area contributed by atoms with Crippen molar-refractivity contribution in [3.63, 3.8) is 0 Å². The van der Waals surface area contributed by atoms with Gasteiger partial charge in [-0.25, -0.2) is 9.36 Å². The number of ether oxygens (including phenoxy) is 4. The van der Waals surface area contributed by atoms with Crippen molar-refractivity contribution >= 4 is 37.7 Å². The first-order valence-corrected chi connectivity index (χ1v) is 27.9. The van der Waals surface area contributed by atoms with E-state index < -0.39 is 57.0 Å². The molecule has 0 rings (SSSR count). The van der Waals surface area contributed by atoms with Crippen LogP contribution in [-0.2, 0) is 51.7 Å². The molecule has 2 atom stereocenters. The summed E-state index contributed by atoms with van der Waals surface area (Å²) < 4.78 is 43.9. The van der Waals surface area contributed by atoms with E-state index in [-0.39, 0.29) is 65.2 Å². The molecule has 4 N–H and O–H groups in total. The number of rotatable bonds is 51. The highest BCUT2D eigenvalue weighted by Gasteiger charge is 2.26. The summed E-state index contributed by atoms with van der Waals surface area (Å²) in [5, 5.41) is 13.5. The molecule has 0 aromatic rings. The predicted molar refractivity (Wildman–Crippen MR) is 262 cm³/mol. The number of carboxylic acid groups (broad SMARTS) is 1. The Hall–Kier alpha value is -2.78. The third kappa shape index (κ3) is 49.5. The number of alkyl carbamates (subject to hydrolysis) is 1. The molecule has 16 nitrogen and oxygen atoms in total. The minimum atomic E-state index is -4.65. The van der Waals surface area contributed by atoms with E-state index >= 15 is 0 Å². The summed E-state index contributed by atoms with van der Waals surface area (Å²) in [7, 11) is -4.65. The Morgan fingerprint density at radius 1 is 0.463 bits per heavy atom. The van der Waals surface area contributed by atoms with Crippen molar-refractivity contribution < 1.29 is 66.5 Å². The van der Waals surface area contributed by atoms with Gasteiger partial charge in [-0.2, -0.15) is 0 Å². The molecule has 0 fully saturated rings. The van der Waals surface area contributed by atoms with Crippen LogP contribution in [0.15, 0.2) is 0 Å². The number of phosphoric acid groups is 1. The van der Waals surface area contributed by atoms with E-state index in [1.54, 1.807) is 0 Å². The number of hydrogen-bond acceptors (Lipinski definition) is 12. The topological polar surface area (TPSA) is 222 Å². The van der Waals surface area contributed by atoms with Crippen LogP contribution in [0.5, 0.6) is 0 Å². The molecule has 0 aliphatic heterocycles. The summed E-state index contributed by atoms with van der Waals surface area (Å²) in [6.07, 6.45) is 34.4. The third-order valence-corrected chi connectivity index (χ3v) is 12.3. The van der Waals surface area contributed by atoms with Crippen LogP contribution in [0.2, 0.25) is 0 Å². The van der Waals surface area contributed by atoms with Crippen LogP contribution in [0, 0.1) is 0 Å². The van der Waals surface area contributed by atoms with Crippen LogP contribution in [-0.4, -0.2) is 98.7 Å². The molecule has 2 amide bonds. The average molecular weight is 979 g/mol. The van der Waals surface area contributed by atoms with E-state index in [1.165, 1.54) is 141 Å². The van der Waals surface area contributed by atoms with Crippen LogP contribution in [0.4, 0.5) is 4.79 Å². The molecule has 0 heterocycles. The van der Waals surface area contributed by atoms with Crippen LogP contribution >= 0.6 is 7.82 Å². The zero-order valence-corrected chi connectivity index (χ0v) is 42.9. The Balaban J connectivity index is 4.52. The first kappa shape index (κ1) is 64.2. The lowest BCUT2D eigenvalue weighted by Gasteiger charge is -2.20. The molecule has 1 unspecified atom stereocenters. The molecule has 0 spiro atoms. The van der Waals surface area contributed by atoms with E-state index in [1.807, 2.05) is 0 Å². The van der Waals surface area contributed by atoms with E-state index in [0.717, 1.165) is 38.5 Å². The number of carbonyl (C=O) groups is 5. The summed E-state index contributed by atoms with van der Waals surface area (Å²) >= 11 is 0. The number of amides is 2. The SMILES string of the molecule is CCCCCCCCCCCCCCCCCC(=O)OC[C@H](COP(=O)(O)OCCNC(=O)OCCOCCNC(=O)CCC(=O)O)OC(=O)CCCCCCCCCCCCCCCCC. The molecule has 0 saturated carbocycles. The van der Waals surface area contributed by atoms with Crippen LogP contribution in [0.1, 0.15) is 232 Å². The van der Waals surface area contributed by atoms with Crippen molar-refractivity contribution in [3.05, 3.63) is 0 Å². The van der Waals surface area contributed by atoms with Gasteiger partial charge in [-0.1, -0.05) is 194 Å². The lowest BCUT2D eigenvalue weighted by Crippen LogP contribution is -2.30. The minimum absolute atomic E-state index is 0.0363. The Morgan fingerprint density at radius 2 is 0.896 bits per heavy atom. The Kier molecular flexibility index (Phi) is 46.2. The maximum Gasteiger partial charge on any atom is 0.472 e. The summed E-state index contributed by atoms with van der Waals surface area (Å²) in [6.45, 7) is 3.24. The maximum atomic E-state index is 12.8. The van der Waals surface area contributed by atoms with Gasteiger partial charge in [0.05, 0.1) is 32.8 Å². The van der Waals surface area contributed by atoms with Gasteiger partial charge in [0.2, 0.25) is 5.91 Å². The molecule has 0 bridgehead atoms. The molecule has 0 saturated heterocycles. The molecule has 394 valence electrons. The fourth-order valence-corrected chi connectivity index (χ4v) is 8.10. The Labute approximate surface area is 404 Å². The monoisotopic (exact) mass is 979 g/mol. The zero-order valence-electron chi connectivity index (χ0n) is 42.0. The third-order valence-electron chi connectivity index (χ3n) is 11.3. The number of carboxylic acids is 1. The van der Waals surface area contributed by atoms with Gasteiger partial charge in [0, 0.05) is 32.4 Å². The van der Waals surface area contributed by atoms with E-state index in [9.17, 15) is 33.4 Å². The fraction of sp³-hybridized carbons (Fsp3) is 0.900. The standard InChI is InChI=1S/C50H95N2O14P/c1-3-5-7-9-11-13-15-17-19-21-23-25-27-29-31-33-48(56)63-43-45(66-49(57)34-32-30-28-26-24-22-20-18-16-14-12-10-8-6-4-2)44-65-67(59,60)64-40-38-52-50(58)62-42-41-61-39-37-51-46(53)35-36-47(54)55/h45H,3-44H2,1-2H3,(H,51,53)(H,52,58)(H,54,55)(H,59,60)/t45-/m1/s1. The van der Waals surface area contributed by atoms with Crippen molar-refractivity contribution in [2.75, 3.05) is 52.7 Å². The van der Waals surface area contributed by atoms with E-state index in [2.05, 4.69) is 24.5 Å².